The molecule has 0 radical (unpaired) electrons. The van der Waals surface area contributed by atoms with Crippen LogP contribution >= 0.6 is 11.6 Å². The van der Waals surface area contributed by atoms with E-state index in [1.54, 1.807) is 26.0 Å². The maximum Gasteiger partial charge on any atom is 0.303 e. The molecule has 2 unspecified atom stereocenters. The van der Waals surface area contributed by atoms with Crippen molar-refractivity contribution in [1.82, 2.24) is 0 Å². The second-order valence-electron chi connectivity index (χ2n) is 7.84. The fourth-order valence-electron chi connectivity index (χ4n) is 3.94. The molecule has 34 heavy (non-hydrogen) atoms. The maximum absolute atomic E-state index is 14.9. The van der Waals surface area contributed by atoms with Gasteiger partial charge in [0.1, 0.15) is 28.7 Å². The molecule has 1 N–H and O–H groups in total. The summed E-state index contributed by atoms with van der Waals surface area (Å²) in [7, 11) is 0. The molecule has 0 fully saturated rings. The van der Waals surface area contributed by atoms with Crippen LogP contribution in [0.25, 0.3) is 0 Å². The number of aryl methyl sites for hydroxylation is 2. The van der Waals surface area contributed by atoms with E-state index in [9.17, 15) is 22.5 Å². The lowest BCUT2D eigenvalue weighted by atomic mass is 9.92. The molecule has 3 rings (SSSR count). The number of hydrogen-bond donors (Lipinski definition) is 1. The predicted molar refractivity (Wildman–Crippen MR) is 127 cm³/mol. The first kappa shape index (κ1) is 25.9. The van der Waals surface area contributed by atoms with Gasteiger partial charge in [-0.1, -0.05) is 11.6 Å². The highest BCUT2D eigenvalue weighted by Gasteiger charge is 2.34. The van der Waals surface area contributed by atoms with Crippen LogP contribution in [0.3, 0.4) is 0 Å². The number of aliphatic carboxylic acids is 1. The molecule has 0 aliphatic rings. The summed E-state index contributed by atoms with van der Waals surface area (Å²) in [6, 6.07) is 10.8. The third-order valence-electron chi connectivity index (χ3n) is 5.38. The summed E-state index contributed by atoms with van der Waals surface area (Å²) >= 11 is 3.96. The van der Waals surface area contributed by atoms with Gasteiger partial charge in [-0.05, 0) is 91.9 Å². The van der Waals surface area contributed by atoms with Crippen LogP contribution in [0.1, 0.15) is 42.5 Å². The van der Waals surface area contributed by atoms with Gasteiger partial charge in [0.25, 0.3) is 0 Å². The van der Waals surface area contributed by atoms with Gasteiger partial charge in [-0.3, -0.25) is 4.79 Å². The standard InChI is InChI=1S/C25H23ClF3NO3S/c1-15-12-20(28)13-17(4-3-5-24(31)32)25(15)16(2)30(23-14-19(27)8-11-22(23)29)34(33)21-9-6-18(26)7-10-21/h6-14,16H,3-5H2,1-2H3,(H,31,32). The van der Waals surface area contributed by atoms with E-state index >= 15 is 0 Å². The molecule has 0 saturated carbocycles. The third-order valence-corrected chi connectivity index (χ3v) is 7.18. The normalized spacial score (nSPS) is 12.9. The summed E-state index contributed by atoms with van der Waals surface area (Å²) in [4.78, 5) is 11.3. The minimum Gasteiger partial charge on any atom is -0.588 e. The lowest BCUT2D eigenvalue weighted by Gasteiger charge is -2.33. The molecule has 0 saturated heterocycles. The van der Waals surface area contributed by atoms with Crippen molar-refractivity contribution in [1.29, 1.82) is 0 Å². The van der Waals surface area contributed by atoms with E-state index in [1.165, 1.54) is 28.6 Å². The number of benzene rings is 3. The van der Waals surface area contributed by atoms with Crippen molar-refractivity contribution < 1.29 is 27.6 Å². The summed E-state index contributed by atoms with van der Waals surface area (Å²) in [6.07, 6.45) is 0.395. The number of carboxylic acids is 1. The Bertz CT molecular complexity index is 1180. The lowest BCUT2D eigenvalue weighted by molar-refractivity contribution is -0.137. The molecular weight excluding hydrogens is 487 g/mol. The van der Waals surface area contributed by atoms with Gasteiger partial charge in [0.05, 0.1) is 6.04 Å². The Hall–Kier alpha value is -2.68. The molecule has 0 aliphatic carbocycles. The molecule has 3 aromatic carbocycles. The Balaban J connectivity index is 2.13. The van der Waals surface area contributed by atoms with Gasteiger partial charge < -0.3 is 9.66 Å². The van der Waals surface area contributed by atoms with Crippen LogP contribution in [-0.2, 0) is 22.6 Å². The van der Waals surface area contributed by atoms with Crippen LogP contribution in [0, 0.1) is 24.4 Å². The van der Waals surface area contributed by atoms with Crippen LogP contribution in [0.5, 0.6) is 0 Å². The minimum atomic E-state index is -1.98. The number of rotatable bonds is 9. The van der Waals surface area contributed by atoms with Gasteiger partial charge in [-0.2, -0.15) is 4.31 Å². The predicted octanol–water partition coefficient (Wildman–Crippen LogP) is 6.76. The number of hydrogen-bond acceptors (Lipinski definition) is 3. The van der Waals surface area contributed by atoms with E-state index in [4.69, 9.17) is 16.7 Å². The Morgan fingerprint density at radius 2 is 1.76 bits per heavy atom. The Kier molecular flexibility index (Phi) is 8.52. The summed E-state index contributed by atoms with van der Waals surface area (Å²) < 4.78 is 58.2. The molecule has 0 bridgehead atoms. The molecule has 9 heteroatoms. The van der Waals surface area contributed by atoms with Crippen LogP contribution in [0.4, 0.5) is 18.9 Å². The van der Waals surface area contributed by atoms with Gasteiger partial charge in [-0.15, -0.1) is 0 Å². The SMILES string of the molecule is Cc1cc(F)cc(CCCC(=O)O)c1C(C)N(c1cc(F)ccc1F)[S+]([O-])c1ccc(Cl)cc1. The molecule has 3 aromatic rings. The van der Waals surface area contributed by atoms with E-state index in [0.717, 1.165) is 18.2 Å². The van der Waals surface area contributed by atoms with Crippen LogP contribution in [0.2, 0.25) is 5.02 Å². The zero-order chi connectivity index (χ0) is 25.0. The molecule has 2 atom stereocenters. The zero-order valence-corrected chi connectivity index (χ0v) is 20.1. The molecule has 4 nitrogen and oxygen atoms in total. The zero-order valence-electron chi connectivity index (χ0n) is 18.5. The summed E-state index contributed by atoms with van der Waals surface area (Å²) in [5, 5.41) is 9.41. The Morgan fingerprint density at radius 3 is 2.41 bits per heavy atom. The Morgan fingerprint density at radius 1 is 1.09 bits per heavy atom. The van der Waals surface area contributed by atoms with Crippen molar-refractivity contribution in [2.45, 2.75) is 44.0 Å². The lowest BCUT2D eigenvalue weighted by Crippen LogP contribution is -2.35. The smallest absolute Gasteiger partial charge is 0.303 e. The topological polar surface area (TPSA) is 63.6 Å². The third kappa shape index (κ3) is 6.05. The first-order valence-electron chi connectivity index (χ1n) is 10.5. The monoisotopic (exact) mass is 509 g/mol. The summed E-state index contributed by atoms with van der Waals surface area (Å²) in [5.74, 6) is -2.96. The first-order chi connectivity index (χ1) is 16.1. The molecule has 0 aliphatic heterocycles. The van der Waals surface area contributed by atoms with Crippen molar-refractivity contribution in [2.75, 3.05) is 4.31 Å². The van der Waals surface area contributed by atoms with E-state index in [1.807, 2.05) is 0 Å². The highest BCUT2D eigenvalue weighted by Crippen LogP contribution is 2.38. The van der Waals surface area contributed by atoms with Gasteiger partial charge in [0.2, 0.25) is 0 Å². The quantitative estimate of drug-likeness (QED) is 0.323. The molecule has 0 spiro atoms. The van der Waals surface area contributed by atoms with Gasteiger partial charge in [0.15, 0.2) is 10.7 Å². The Labute approximate surface area is 204 Å². The van der Waals surface area contributed by atoms with Gasteiger partial charge in [0, 0.05) is 17.5 Å². The number of carboxylic acid groups (broad SMARTS) is 1. The minimum absolute atomic E-state index is 0.109. The highest BCUT2D eigenvalue weighted by atomic mass is 35.5. The van der Waals surface area contributed by atoms with E-state index < -0.39 is 40.8 Å². The average molecular weight is 510 g/mol. The molecule has 180 valence electrons. The summed E-state index contributed by atoms with van der Waals surface area (Å²) in [5.41, 5.74) is 1.38. The van der Waals surface area contributed by atoms with E-state index in [2.05, 4.69) is 0 Å². The fourth-order valence-corrected chi connectivity index (χ4v) is 5.37. The second kappa shape index (κ2) is 11.2. The van der Waals surface area contributed by atoms with Gasteiger partial charge >= 0.3 is 5.97 Å². The number of carbonyl (C=O) groups is 1. The van der Waals surface area contributed by atoms with Crippen LogP contribution in [-0.4, -0.2) is 15.6 Å². The maximum atomic E-state index is 14.9. The number of nitrogens with zero attached hydrogens (tertiary/aromatic N) is 1. The molecule has 0 amide bonds. The molecule has 0 aromatic heterocycles. The largest absolute Gasteiger partial charge is 0.588 e. The first-order valence-corrected chi connectivity index (χ1v) is 12.0. The van der Waals surface area contributed by atoms with E-state index in [0.29, 0.717) is 26.6 Å². The van der Waals surface area contributed by atoms with Crippen LogP contribution < -0.4 is 4.31 Å². The number of halogens is 4. The fraction of sp³-hybridized carbons (Fsp3) is 0.240. The van der Waals surface area contributed by atoms with Crippen molar-refractivity contribution in [3.63, 3.8) is 0 Å². The average Bonchev–Trinajstić information content (AvgIpc) is 2.76. The highest BCUT2D eigenvalue weighted by molar-refractivity contribution is 7.92. The van der Waals surface area contributed by atoms with Crippen molar-refractivity contribution in [2.24, 2.45) is 0 Å². The van der Waals surface area contributed by atoms with Gasteiger partial charge in [-0.25, -0.2) is 13.2 Å². The van der Waals surface area contributed by atoms with Crippen LogP contribution in [0.15, 0.2) is 59.5 Å². The summed E-state index contributed by atoms with van der Waals surface area (Å²) in [6.45, 7) is 3.33. The molecular formula is C25H23ClF3NO3S. The van der Waals surface area contributed by atoms with Crippen molar-refractivity contribution in [3.05, 3.63) is 93.8 Å². The second-order valence-corrected chi connectivity index (χ2v) is 9.64. The van der Waals surface area contributed by atoms with Crippen molar-refractivity contribution in [3.8, 4) is 0 Å². The molecule has 0 heterocycles. The van der Waals surface area contributed by atoms with Crippen molar-refractivity contribution >= 4 is 34.6 Å². The van der Waals surface area contributed by atoms with E-state index in [-0.39, 0.29) is 24.9 Å². The number of anilines is 1.